The lowest BCUT2D eigenvalue weighted by molar-refractivity contribution is -0.140. The molecule has 0 unspecified atom stereocenters. The molecule has 2 rings (SSSR count). The molecule has 1 saturated heterocycles. The van der Waals surface area contributed by atoms with Crippen LogP contribution in [0, 0.1) is 5.92 Å². The molecular weight excluding hydrogens is 252 g/mol. The van der Waals surface area contributed by atoms with Crippen LogP contribution in [0.15, 0.2) is 0 Å². The van der Waals surface area contributed by atoms with Gasteiger partial charge in [0.15, 0.2) is 0 Å². The largest absolute Gasteiger partial charge is 0.342 e. The molecule has 2 aliphatic rings. The van der Waals surface area contributed by atoms with Crippen molar-refractivity contribution in [3.05, 3.63) is 0 Å². The van der Waals surface area contributed by atoms with Crippen molar-refractivity contribution >= 4 is 11.8 Å². The minimum absolute atomic E-state index is 0.00878. The Morgan fingerprint density at radius 3 is 2.45 bits per heavy atom. The summed E-state index contributed by atoms with van der Waals surface area (Å²) in [4.78, 5) is 26.3. The Morgan fingerprint density at radius 1 is 1.20 bits per heavy atom. The van der Waals surface area contributed by atoms with Crippen LogP contribution in [0.4, 0.5) is 0 Å². The van der Waals surface area contributed by atoms with Gasteiger partial charge < -0.3 is 10.2 Å². The van der Waals surface area contributed by atoms with Crippen molar-refractivity contribution in [3.8, 4) is 0 Å². The zero-order valence-corrected chi connectivity index (χ0v) is 13.1. The average Bonchev–Trinajstić information content (AvgIpc) is 2.49. The van der Waals surface area contributed by atoms with Gasteiger partial charge in [0.2, 0.25) is 11.8 Å². The summed E-state index contributed by atoms with van der Waals surface area (Å²) < 4.78 is 0. The van der Waals surface area contributed by atoms with Gasteiger partial charge >= 0.3 is 0 Å². The third-order valence-electron chi connectivity index (χ3n) is 4.78. The Hall–Kier alpha value is -1.06. The van der Waals surface area contributed by atoms with E-state index < -0.39 is 5.54 Å². The van der Waals surface area contributed by atoms with Crippen LogP contribution in [0.2, 0.25) is 0 Å². The maximum absolute atomic E-state index is 12.6. The summed E-state index contributed by atoms with van der Waals surface area (Å²) >= 11 is 0. The molecule has 0 aromatic carbocycles. The number of nitrogens with one attached hydrogen (secondary N) is 1. The van der Waals surface area contributed by atoms with Crippen molar-refractivity contribution in [2.75, 3.05) is 6.54 Å². The summed E-state index contributed by atoms with van der Waals surface area (Å²) in [5.74, 6) is 0.916. The highest BCUT2D eigenvalue weighted by atomic mass is 16.2. The van der Waals surface area contributed by atoms with E-state index in [1.807, 2.05) is 18.7 Å². The van der Waals surface area contributed by atoms with Gasteiger partial charge in [-0.25, -0.2) is 0 Å². The first-order chi connectivity index (χ1) is 9.44. The number of rotatable bonds is 3. The highest BCUT2D eigenvalue weighted by Gasteiger charge is 2.39. The van der Waals surface area contributed by atoms with E-state index in [9.17, 15) is 9.59 Å². The van der Waals surface area contributed by atoms with E-state index in [2.05, 4.69) is 12.2 Å². The van der Waals surface area contributed by atoms with Gasteiger partial charge in [0, 0.05) is 19.0 Å². The van der Waals surface area contributed by atoms with E-state index in [0.717, 1.165) is 18.8 Å². The Labute approximate surface area is 122 Å². The Morgan fingerprint density at radius 2 is 1.85 bits per heavy atom. The van der Waals surface area contributed by atoms with Gasteiger partial charge in [-0.2, -0.15) is 0 Å². The van der Waals surface area contributed by atoms with Crippen LogP contribution in [0.25, 0.3) is 0 Å². The van der Waals surface area contributed by atoms with Crippen LogP contribution in [-0.4, -0.2) is 34.8 Å². The Balaban J connectivity index is 2.01. The summed E-state index contributed by atoms with van der Waals surface area (Å²) in [6.07, 6.45) is 7.65. The minimum Gasteiger partial charge on any atom is -0.342 e. The molecule has 4 heteroatoms. The zero-order valence-electron chi connectivity index (χ0n) is 13.1. The molecular formula is C16H28N2O2. The monoisotopic (exact) mass is 280 g/mol. The smallest absolute Gasteiger partial charge is 0.248 e. The molecule has 2 fully saturated rings. The summed E-state index contributed by atoms with van der Waals surface area (Å²) in [6, 6.07) is 0.336. The van der Waals surface area contributed by atoms with Gasteiger partial charge in [-0.05, 0) is 45.4 Å². The van der Waals surface area contributed by atoms with Crippen molar-refractivity contribution < 1.29 is 9.59 Å². The minimum atomic E-state index is -0.756. The Kier molecular flexibility index (Phi) is 4.71. The molecule has 1 N–H and O–H groups in total. The molecule has 2 amide bonds. The number of nitrogens with zero attached hydrogens (tertiary/aromatic N) is 1. The first kappa shape index (κ1) is 15.3. The lowest BCUT2D eigenvalue weighted by atomic mass is 9.82. The van der Waals surface area contributed by atoms with E-state index in [4.69, 9.17) is 0 Å². The standard InChI is InChI=1S/C16H28N2O2/c1-4-5-12-6-8-13(9-7-12)18-11-10-14(19)17-16(2,3)15(18)20/h12-13H,4-11H2,1-3H3,(H,17,19). The lowest BCUT2D eigenvalue weighted by Gasteiger charge is -2.39. The predicted octanol–water partition coefficient (Wildman–Crippen LogP) is 2.47. The van der Waals surface area contributed by atoms with Crippen molar-refractivity contribution in [1.82, 2.24) is 10.2 Å². The average molecular weight is 280 g/mol. The Bertz CT molecular complexity index is 371. The summed E-state index contributed by atoms with van der Waals surface area (Å²) in [6.45, 7) is 6.45. The van der Waals surface area contributed by atoms with Crippen molar-refractivity contribution in [1.29, 1.82) is 0 Å². The van der Waals surface area contributed by atoms with Crippen LogP contribution in [0.5, 0.6) is 0 Å². The third kappa shape index (κ3) is 3.33. The molecule has 0 spiro atoms. The number of carbonyl (C=O) groups excluding carboxylic acids is 2. The third-order valence-corrected chi connectivity index (χ3v) is 4.78. The fraction of sp³-hybridized carbons (Fsp3) is 0.875. The second-order valence-electron chi connectivity index (χ2n) is 6.88. The number of amides is 2. The summed E-state index contributed by atoms with van der Waals surface area (Å²) in [7, 11) is 0. The van der Waals surface area contributed by atoms with Gasteiger partial charge in [-0.15, -0.1) is 0 Å². The number of hydrogen-bond donors (Lipinski definition) is 1. The first-order valence-electron chi connectivity index (χ1n) is 8.06. The van der Waals surface area contributed by atoms with Gasteiger partial charge in [-0.1, -0.05) is 19.8 Å². The number of carbonyl (C=O) groups is 2. The second-order valence-corrected chi connectivity index (χ2v) is 6.88. The fourth-order valence-electron chi connectivity index (χ4n) is 3.65. The SMILES string of the molecule is CCCC1CCC(N2CCC(=O)NC(C)(C)C2=O)CC1. The fourth-order valence-corrected chi connectivity index (χ4v) is 3.65. The molecule has 0 aromatic rings. The van der Waals surface area contributed by atoms with Crippen LogP contribution >= 0.6 is 0 Å². The van der Waals surface area contributed by atoms with Crippen molar-refractivity contribution in [2.45, 2.75) is 77.3 Å². The summed E-state index contributed by atoms with van der Waals surface area (Å²) in [5, 5.41) is 2.84. The highest BCUT2D eigenvalue weighted by Crippen LogP contribution is 2.32. The number of hydrogen-bond acceptors (Lipinski definition) is 2. The maximum Gasteiger partial charge on any atom is 0.248 e. The quantitative estimate of drug-likeness (QED) is 0.863. The van der Waals surface area contributed by atoms with Crippen LogP contribution in [0.1, 0.15) is 65.7 Å². The predicted molar refractivity (Wildman–Crippen MR) is 79.2 cm³/mol. The van der Waals surface area contributed by atoms with Crippen LogP contribution in [-0.2, 0) is 9.59 Å². The van der Waals surface area contributed by atoms with E-state index in [1.54, 1.807) is 0 Å². The van der Waals surface area contributed by atoms with Crippen molar-refractivity contribution in [3.63, 3.8) is 0 Å². The molecule has 0 aromatic heterocycles. The van der Waals surface area contributed by atoms with Crippen LogP contribution in [0.3, 0.4) is 0 Å². The molecule has 20 heavy (non-hydrogen) atoms. The molecule has 1 aliphatic carbocycles. The molecule has 1 heterocycles. The molecule has 0 bridgehead atoms. The molecule has 1 aliphatic heterocycles. The van der Waals surface area contributed by atoms with E-state index >= 15 is 0 Å². The highest BCUT2D eigenvalue weighted by molar-refractivity contribution is 5.93. The van der Waals surface area contributed by atoms with Gasteiger partial charge in [0.05, 0.1) is 0 Å². The zero-order chi connectivity index (χ0) is 14.8. The molecule has 1 saturated carbocycles. The van der Waals surface area contributed by atoms with E-state index in [1.165, 1.54) is 25.7 Å². The molecule has 0 atom stereocenters. The van der Waals surface area contributed by atoms with Crippen LogP contribution < -0.4 is 5.32 Å². The van der Waals surface area contributed by atoms with Crippen molar-refractivity contribution in [2.24, 2.45) is 5.92 Å². The van der Waals surface area contributed by atoms with E-state index in [-0.39, 0.29) is 11.8 Å². The summed E-state index contributed by atoms with van der Waals surface area (Å²) in [5.41, 5.74) is -0.756. The maximum atomic E-state index is 12.6. The second kappa shape index (κ2) is 6.15. The van der Waals surface area contributed by atoms with Gasteiger partial charge in [0.1, 0.15) is 5.54 Å². The van der Waals surface area contributed by atoms with Gasteiger partial charge in [0.25, 0.3) is 0 Å². The lowest BCUT2D eigenvalue weighted by Crippen LogP contribution is -2.55. The molecule has 114 valence electrons. The van der Waals surface area contributed by atoms with Gasteiger partial charge in [-0.3, -0.25) is 9.59 Å². The normalized spacial score (nSPS) is 30.9. The molecule has 0 radical (unpaired) electrons. The van der Waals surface area contributed by atoms with E-state index in [0.29, 0.717) is 19.0 Å². The topological polar surface area (TPSA) is 49.4 Å². The molecule has 4 nitrogen and oxygen atoms in total. The first-order valence-corrected chi connectivity index (χ1v) is 8.06.